The lowest BCUT2D eigenvalue weighted by atomic mass is 10.2. The van der Waals surface area contributed by atoms with Crippen LogP contribution in [0.5, 0.6) is 0 Å². The summed E-state index contributed by atoms with van der Waals surface area (Å²) in [6.07, 6.45) is 1.23. The number of nitrogens with one attached hydrogen (secondary N) is 1. The van der Waals surface area contributed by atoms with Gasteiger partial charge in [-0.25, -0.2) is 4.98 Å². The van der Waals surface area contributed by atoms with Crippen molar-refractivity contribution in [3.05, 3.63) is 23.4 Å². The zero-order valence-electron chi connectivity index (χ0n) is 12.6. The summed E-state index contributed by atoms with van der Waals surface area (Å²) in [7, 11) is 4.32. The molecule has 0 bridgehead atoms. The molecule has 0 radical (unpaired) electrons. The van der Waals surface area contributed by atoms with Crippen LogP contribution in [0.3, 0.4) is 0 Å². The molecular weight excluding hydrogens is 236 g/mol. The number of likely N-dealkylation sites (N-methyl/N-ethyl adjacent to an activating group) is 1. The minimum Gasteiger partial charge on any atom is -0.355 e. The maximum Gasteiger partial charge on any atom is 0.129 e. The van der Waals surface area contributed by atoms with E-state index in [1.165, 1.54) is 12.0 Å². The molecule has 0 spiro atoms. The summed E-state index contributed by atoms with van der Waals surface area (Å²) >= 11 is 0. The molecule has 106 valence electrons. The van der Waals surface area contributed by atoms with Crippen molar-refractivity contribution in [3.8, 4) is 0 Å². The average Bonchev–Trinajstić information content (AvgIpc) is 2.85. The Balaban J connectivity index is 2.09. The van der Waals surface area contributed by atoms with Crippen molar-refractivity contribution >= 4 is 5.82 Å². The molecule has 0 aliphatic carbocycles. The largest absolute Gasteiger partial charge is 0.355 e. The summed E-state index contributed by atoms with van der Waals surface area (Å²) in [5.41, 5.74) is 2.44. The predicted octanol–water partition coefficient (Wildman–Crippen LogP) is 1.64. The molecule has 1 aliphatic rings. The Labute approximate surface area is 116 Å². The highest BCUT2D eigenvalue weighted by molar-refractivity contribution is 5.44. The standard InChI is InChI=1S/C15H26N4/c1-5-16-10-13-8-12(2)17-15(9-13)19-7-6-14(11-19)18(3)4/h8-9,14,16H,5-7,10-11H2,1-4H3. The second kappa shape index (κ2) is 6.35. The third-order valence-electron chi connectivity index (χ3n) is 3.80. The molecule has 1 fully saturated rings. The highest BCUT2D eigenvalue weighted by Gasteiger charge is 2.25. The number of rotatable bonds is 5. The first-order chi connectivity index (χ1) is 9.10. The fraction of sp³-hybridized carbons (Fsp3) is 0.667. The van der Waals surface area contributed by atoms with Gasteiger partial charge in [-0.3, -0.25) is 0 Å². The molecule has 2 rings (SSSR count). The van der Waals surface area contributed by atoms with E-state index in [1.807, 2.05) is 0 Å². The van der Waals surface area contributed by atoms with Gasteiger partial charge in [0.15, 0.2) is 0 Å². The molecule has 1 unspecified atom stereocenters. The van der Waals surface area contributed by atoms with Crippen molar-refractivity contribution in [2.24, 2.45) is 0 Å². The zero-order valence-corrected chi connectivity index (χ0v) is 12.6. The quantitative estimate of drug-likeness (QED) is 0.874. The van der Waals surface area contributed by atoms with E-state index in [1.54, 1.807) is 0 Å². The molecule has 0 saturated carbocycles. The summed E-state index contributed by atoms with van der Waals surface area (Å²) < 4.78 is 0. The van der Waals surface area contributed by atoms with Crippen LogP contribution in [-0.4, -0.2) is 49.7 Å². The molecular formula is C15H26N4. The van der Waals surface area contributed by atoms with Crippen molar-refractivity contribution in [1.29, 1.82) is 0 Å². The van der Waals surface area contributed by atoms with Gasteiger partial charge in [-0.15, -0.1) is 0 Å². The molecule has 4 heteroatoms. The third-order valence-corrected chi connectivity index (χ3v) is 3.80. The second-order valence-electron chi connectivity index (χ2n) is 5.61. The molecule has 1 N–H and O–H groups in total. The maximum atomic E-state index is 4.70. The molecule has 0 amide bonds. The van der Waals surface area contributed by atoms with Gasteiger partial charge in [-0.05, 0) is 51.7 Å². The van der Waals surface area contributed by atoms with Crippen LogP contribution in [0.15, 0.2) is 12.1 Å². The van der Waals surface area contributed by atoms with Gasteiger partial charge in [0.25, 0.3) is 0 Å². The molecule has 2 heterocycles. The van der Waals surface area contributed by atoms with Gasteiger partial charge >= 0.3 is 0 Å². The Morgan fingerprint density at radius 1 is 1.42 bits per heavy atom. The van der Waals surface area contributed by atoms with Gasteiger partial charge in [0, 0.05) is 31.4 Å². The Hall–Kier alpha value is -1.13. The van der Waals surface area contributed by atoms with Crippen molar-refractivity contribution < 1.29 is 0 Å². The van der Waals surface area contributed by atoms with Gasteiger partial charge in [0.2, 0.25) is 0 Å². The second-order valence-corrected chi connectivity index (χ2v) is 5.61. The van der Waals surface area contributed by atoms with E-state index in [9.17, 15) is 0 Å². The molecule has 19 heavy (non-hydrogen) atoms. The molecule has 1 aliphatic heterocycles. The van der Waals surface area contributed by atoms with Gasteiger partial charge in [0.05, 0.1) is 0 Å². The van der Waals surface area contributed by atoms with E-state index in [0.29, 0.717) is 6.04 Å². The fourth-order valence-electron chi connectivity index (χ4n) is 2.63. The lowest BCUT2D eigenvalue weighted by Gasteiger charge is -2.22. The van der Waals surface area contributed by atoms with E-state index in [2.05, 4.69) is 55.2 Å². The van der Waals surface area contributed by atoms with Crippen LogP contribution in [0.25, 0.3) is 0 Å². The van der Waals surface area contributed by atoms with E-state index in [4.69, 9.17) is 4.98 Å². The van der Waals surface area contributed by atoms with E-state index >= 15 is 0 Å². The van der Waals surface area contributed by atoms with Crippen molar-refractivity contribution in [2.45, 2.75) is 32.9 Å². The van der Waals surface area contributed by atoms with E-state index < -0.39 is 0 Å². The summed E-state index contributed by atoms with van der Waals surface area (Å²) in [6, 6.07) is 5.05. The van der Waals surface area contributed by atoms with Gasteiger partial charge in [-0.1, -0.05) is 6.92 Å². The first kappa shape index (κ1) is 14.3. The average molecular weight is 262 g/mol. The Kier molecular flexibility index (Phi) is 4.77. The summed E-state index contributed by atoms with van der Waals surface area (Å²) in [5.74, 6) is 1.14. The highest BCUT2D eigenvalue weighted by atomic mass is 15.3. The summed E-state index contributed by atoms with van der Waals surface area (Å²) in [4.78, 5) is 9.42. The molecule has 0 aromatic carbocycles. The van der Waals surface area contributed by atoms with Crippen LogP contribution < -0.4 is 10.2 Å². The normalized spacial score (nSPS) is 19.4. The number of nitrogens with zero attached hydrogens (tertiary/aromatic N) is 3. The van der Waals surface area contributed by atoms with Crippen molar-refractivity contribution in [3.63, 3.8) is 0 Å². The lowest BCUT2D eigenvalue weighted by Crippen LogP contribution is -2.31. The van der Waals surface area contributed by atoms with Crippen LogP contribution in [0.4, 0.5) is 5.82 Å². The molecule has 1 aromatic rings. The Morgan fingerprint density at radius 3 is 2.84 bits per heavy atom. The number of anilines is 1. The predicted molar refractivity (Wildman–Crippen MR) is 80.7 cm³/mol. The Morgan fingerprint density at radius 2 is 2.21 bits per heavy atom. The third kappa shape index (κ3) is 3.67. The van der Waals surface area contributed by atoms with Gasteiger partial charge in [-0.2, -0.15) is 0 Å². The van der Waals surface area contributed by atoms with Crippen LogP contribution >= 0.6 is 0 Å². The number of aryl methyl sites for hydroxylation is 1. The van der Waals surface area contributed by atoms with Crippen molar-refractivity contribution in [1.82, 2.24) is 15.2 Å². The minimum atomic E-state index is 0.652. The van der Waals surface area contributed by atoms with E-state index in [0.717, 1.165) is 37.7 Å². The number of aromatic nitrogens is 1. The SMILES string of the molecule is CCNCc1cc(C)nc(N2CCC(N(C)C)C2)c1. The van der Waals surface area contributed by atoms with Gasteiger partial charge in [0.1, 0.15) is 5.82 Å². The molecule has 1 saturated heterocycles. The smallest absolute Gasteiger partial charge is 0.129 e. The van der Waals surface area contributed by atoms with Crippen LogP contribution in [0.1, 0.15) is 24.6 Å². The van der Waals surface area contributed by atoms with E-state index in [-0.39, 0.29) is 0 Å². The van der Waals surface area contributed by atoms with Crippen LogP contribution in [-0.2, 0) is 6.54 Å². The molecule has 1 atom stereocenters. The van der Waals surface area contributed by atoms with Crippen molar-refractivity contribution in [2.75, 3.05) is 38.6 Å². The highest BCUT2D eigenvalue weighted by Crippen LogP contribution is 2.22. The monoisotopic (exact) mass is 262 g/mol. The Bertz CT molecular complexity index is 417. The minimum absolute atomic E-state index is 0.652. The number of hydrogen-bond acceptors (Lipinski definition) is 4. The molecule has 4 nitrogen and oxygen atoms in total. The van der Waals surface area contributed by atoms with Crippen LogP contribution in [0, 0.1) is 6.92 Å². The summed E-state index contributed by atoms with van der Waals surface area (Å²) in [5, 5.41) is 3.38. The number of pyridine rings is 1. The fourth-order valence-corrected chi connectivity index (χ4v) is 2.63. The maximum absolute atomic E-state index is 4.70. The summed E-state index contributed by atoms with van der Waals surface area (Å²) in [6.45, 7) is 8.35. The van der Waals surface area contributed by atoms with Gasteiger partial charge < -0.3 is 15.1 Å². The lowest BCUT2D eigenvalue weighted by molar-refractivity contribution is 0.315. The first-order valence-corrected chi connectivity index (χ1v) is 7.19. The molecule has 1 aromatic heterocycles. The van der Waals surface area contributed by atoms with Crippen LogP contribution in [0.2, 0.25) is 0 Å². The first-order valence-electron chi connectivity index (χ1n) is 7.19. The topological polar surface area (TPSA) is 31.4 Å². The zero-order chi connectivity index (χ0) is 13.8. The number of hydrogen-bond donors (Lipinski definition) is 1.